The van der Waals surface area contributed by atoms with Crippen LogP contribution in [-0.2, 0) is 43.0 Å². The predicted octanol–water partition coefficient (Wildman–Crippen LogP) is -0.295. The maximum Gasteiger partial charge on any atom is 0.333 e. The lowest BCUT2D eigenvalue weighted by molar-refractivity contribution is -0.212. The number of fused-ring (bicyclic) bond motifs is 5. The summed E-state index contributed by atoms with van der Waals surface area (Å²) in [7, 11) is 3.69. The summed E-state index contributed by atoms with van der Waals surface area (Å²) < 4.78 is 15.9. The third-order valence-electron chi connectivity index (χ3n) is 8.75. The number of amides is 1. The predicted molar refractivity (Wildman–Crippen MR) is 145 cm³/mol. The number of aliphatic hydroxyl groups excluding tert-OH is 1. The lowest BCUT2D eigenvalue weighted by atomic mass is 9.70. The molecule has 0 saturated carbocycles. The topological polar surface area (TPSA) is 177 Å². The van der Waals surface area contributed by atoms with Crippen LogP contribution in [0.1, 0.15) is 27.7 Å². The SMILES string of the molecule is C/C=C(/C)C(=O)OC[C@H]1C2=C(C=C3[C@@H]4C5=C(C(=O)C(C)=C(OC)C5=O)[C@H](O)[C@](O)(C(=O)N31)N4C)C(=O)C(C)=C(OC)C2=O. The quantitative estimate of drug-likeness (QED) is 0.242. The van der Waals surface area contributed by atoms with E-state index in [0.29, 0.717) is 0 Å². The van der Waals surface area contributed by atoms with Crippen LogP contribution in [0.25, 0.3) is 0 Å². The van der Waals surface area contributed by atoms with Crippen LogP contribution in [0.2, 0.25) is 0 Å². The number of esters is 1. The summed E-state index contributed by atoms with van der Waals surface area (Å²) in [6.07, 6.45) is 0.556. The van der Waals surface area contributed by atoms with Gasteiger partial charge in [0.1, 0.15) is 18.8 Å². The van der Waals surface area contributed by atoms with Crippen LogP contribution in [0.4, 0.5) is 0 Å². The van der Waals surface area contributed by atoms with Crippen molar-refractivity contribution in [2.75, 3.05) is 27.9 Å². The number of aliphatic hydroxyl groups is 2. The van der Waals surface area contributed by atoms with E-state index < -0.39 is 71.1 Å². The lowest BCUT2D eigenvalue weighted by Crippen LogP contribution is -2.77. The molecule has 0 radical (unpaired) electrons. The Morgan fingerprint density at radius 2 is 1.51 bits per heavy atom. The van der Waals surface area contributed by atoms with Gasteiger partial charge in [0.15, 0.2) is 23.1 Å². The largest absolute Gasteiger partial charge is 0.492 e. The minimum atomic E-state index is -2.79. The molecule has 0 aromatic carbocycles. The fraction of sp³-hybridized carbons (Fsp3) is 0.400. The summed E-state index contributed by atoms with van der Waals surface area (Å²) in [5.74, 6) is -5.41. The van der Waals surface area contributed by atoms with Crippen LogP contribution in [0, 0.1) is 0 Å². The lowest BCUT2D eigenvalue weighted by Gasteiger charge is -2.58. The first-order valence-electron chi connectivity index (χ1n) is 13.4. The Bertz CT molecular complexity index is 1650. The Kier molecular flexibility index (Phi) is 7.03. The number of ether oxygens (including phenoxy) is 3. The first kappa shape index (κ1) is 30.0. The van der Waals surface area contributed by atoms with Crippen LogP contribution in [0.5, 0.6) is 0 Å². The summed E-state index contributed by atoms with van der Waals surface area (Å²) in [6, 6.07) is -2.84. The van der Waals surface area contributed by atoms with Crippen molar-refractivity contribution >= 4 is 35.0 Å². The maximum atomic E-state index is 14.3. The molecule has 1 saturated heterocycles. The van der Waals surface area contributed by atoms with Crippen molar-refractivity contribution in [3.63, 3.8) is 0 Å². The van der Waals surface area contributed by atoms with E-state index >= 15 is 0 Å². The number of hydrogen-bond acceptors (Lipinski definition) is 12. The molecule has 0 aromatic rings. The van der Waals surface area contributed by atoms with Crippen LogP contribution in [-0.4, -0.2) is 107 Å². The zero-order valence-corrected chi connectivity index (χ0v) is 24.6. The highest BCUT2D eigenvalue weighted by Crippen LogP contribution is 2.50. The number of rotatable bonds is 5. The van der Waals surface area contributed by atoms with E-state index in [2.05, 4.69) is 0 Å². The highest BCUT2D eigenvalue weighted by Gasteiger charge is 2.67. The number of hydrogen-bond donors (Lipinski definition) is 2. The Morgan fingerprint density at radius 1 is 0.953 bits per heavy atom. The Labute approximate surface area is 246 Å². The van der Waals surface area contributed by atoms with Crippen LogP contribution >= 0.6 is 0 Å². The minimum Gasteiger partial charge on any atom is -0.492 e. The van der Waals surface area contributed by atoms with Crippen molar-refractivity contribution in [3.8, 4) is 0 Å². The summed E-state index contributed by atoms with van der Waals surface area (Å²) in [5.41, 5.74) is -3.84. The fourth-order valence-corrected chi connectivity index (χ4v) is 6.31. The zero-order chi connectivity index (χ0) is 31.9. The molecule has 0 aromatic heterocycles. The van der Waals surface area contributed by atoms with Crippen molar-refractivity contribution in [2.24, 2.45) is 0 Å². The number of piperazine rings is 1. The number of Topliss-reactive ketones (excluding diaryl/α,β-unsaturated/α-hetero) is 4. The Morgan fingerprint density at radius 3 is 2.07 bits per heavy atom. The second-order valence-corrected chi connectivity index (χ2v) is 10.8. The molecule has 4 atom stereocenters. The van der Waals surface area contributed by atoms with Crippen LogP contribution < -0.4 is 0 Å². The van der Waals surface area contributed by atoms with Crippen molar-refractivity contribution in [1.29, 1.82) is 0 Å². The molecule has 0 spiro atoms. The van der Waals surface area contributed by atoms with Gasteiger partial charge in [0.2, 0.25) is 17.3 Å². The normalized spacial score (nSPS) is 29.6. The molecule has 3 aliphatic heterocycles. The molecule has 13 nitrogen and oxygen atoms in total. The molecule has 1 amide bonds. The first-order chi connectivity index (χ1) is 20.2. The van der Waals surface area contributed by atoms with E-state index in [1.54, 1.807) is 6.92 Å². The van der Waals surface area contributed by atoms with E-state index in [-0.39, 0.29) is 50.7 Å². The monoisotopic (exact) mass is 594 g/mol. The Balaban J connectivity index is 1.79. The molecule has 226 valence electrons. The molecule has 2 aliphatic carbocycles. The van der Waals surface area contributed by atoms with Gasteiger partial charge in [-0.3, -0.25) is 33.8 Å². The summed E-state index contributed by atoms with van der Waals surface area (Å²) in [6.45, 7) is 5.20. The average molecular weight is 595 g/mol. The number of carbonyl (C=O) groups excluding carboxylic acids is 6. The number of allylic oxidation sites excluding steroid dienone is 7. The molecule has 5 rings (SSSR count). The van der Waals surface area contributed by atoms with Gasteiger partial charge in [-0.2, -0.15) is 0 Å². The Hall–Kier alpha value is -4.46. The van der Waals surface area contributed by atoms with Gasteiger partial charge in [-0.05, 0) is 40.8 Å². The highest BCUT2D eigenvalue weighted by molar-refractivity contribution is 6.28. The van der Waals surface area contributed by atoms with Crippen LogP contribution in [0.15, 0.2) is 68.4 Å². The minimum absolute atomic E-state index is 0.00725. The van der Waals surface area contributed by atoms with E-state index in [1.807, 2.05) is 0 Å². The number of carbonyl (C=O) groups is 6. The average Bonchev–Trinajstić information content (AvgIpc) is 2.98. The van der Waals surface area contributed by atoms with Gasteiger partial charge in [0.05, 0.1) is 20.3 Å². The second-order valence-electron chi connectivity index (χ2n) is 10.8. The van der Waals surface area contributed by atoms with Gasteiger partial charge in [0, 0.05) is 44.7 Å². The van der Waals surface area contributed by atoms with Gasteiger partial charge in [-0.1, -0.05) is 6.08 Å². The summed E-state index contributed by atoms with van der Waals surface area (Å²) in [5, 5.41) is 23.3. The van der Waals surface area contributed by atoms with Crippen molar-refractivity contribution in [2.45, 2.75) is 51.6 Å². The zero-order valence-electron chi connectivity index (χ0n) is 24.6. The number of methoxy groups -OCH3 is 2. The smallest absolute Gasteiger partial charge is 0.333 e. The fourth-order valence-electron chi connectivity index (χ4n) is 6.31. The third-order valence-corrected chi connectivity index (χ3v) is 8.75. The molecular formula is C30H30N2O11. The standard InChI is InChI=1S/C30H30N2O11/c1-8-11(2)28(38)43-10-16-17-14(21(33)12(3)25(41-6)23(17)35)9-15-20-18-19(22(34)13(4)26(42-7)24(18)36)27(37)30(40,31(20)5)29(39)32(15)16/h8-9,16,20,27,37,40H,10H2,1-7H3/b11-8-/t16-,20+,27-,30-/m0/s1. The van der Waals surface area contributed by atoms with Crippen molar-refractivity contribution in [3.05, 3.63) is 68.4 Å². The molecule has 43 heavy (non-hydrogen) atoms. The van der Waals surface area contributed by atoms with Crippen molar-refractivity contribution < 1.29 is 53.2 Å². The molecular weight excluding hydrogens is 564 g/mol. The van der Waals surface area contributed by atoms with E-state index in [9.17, 15) is 39.0 Å². The summed E-state index contributed by atoms with van der Waals surface area (Å²) >= 11 is 0. The maximum absolute atomic E-state index is 14.3. The van der Waals surface area contributed by atoms with Crippen molar-refractivity contribution in [1.82, 2.24) is 9.80 Å². The number of likely N-dealkylation sites (N-methyl/N-ethyl adjacent to an activating group) is 1. The third kappa shape index (κ3) is 3.74. The molecule has 3 heterocycles. The number of nitrogens with zero attached hydrogens (tertiary/aromatic N) is 2. The number of ketones is 4. The first-order valence-corrected chi connectivity index (χ1v) is 13.4. The van der Waals surface area contributed by atoms with E-state index in [4.69, 9.17) is 14.2 Å². The summed E-state index contributed by atoms with van der Waals surface area (Å²) in [4.78, 5) is 83.4. The van der Waals surface area contributed by atoms with E-state index in [0.717, 1.165) is 9.80 Å². The van der Waals surface area contributed by atoms with Gasteiger partial charge in [-0.25, -0.2) is 4.79 Å². The van der Waals surface area contributed by atoms with Gasteiger partial charge < -0.3 is 24.4 Å². The van der Waals surface area contributed by atoms with E-state index in [1.165, 1.54) is 54.2 Å². The van der Waals surface area contributed by atoms with Gasteiger partial charge in [-0.15, -0.1) is 0 Å². The molecule has 2 bridgehead atoms. The molecule has 13 heteroatoms. The highest BCUT2D eigenvalue weighted by atomic mass is 16.5. The molecule has 2 N–H and O–H groups in total. The van der Waals surface area contributed by atoms with Gasteiger partial charge in [0.25, 0.3) is 5.91 Å². The van der Waals surface area contributed by atoms with Crippen LogP contribution in [0.3, 0.4) is 0 Å². The second kappa shape index (κ2) is 10.1. The molecule has 1 fully saturated rings. The molecule has 5 aliphatic rings. The molecule has 0 unspecified atom stereocenters. The van der Waals surface area contributed by atoms with Gasteiger partial charge >= 0.3 is 5.97 Å².